The number of nitrogens with one attached hydrogen (secondary N) is 1. The van der Waals surface area contributed by atoms with E-state index in [1.54, 1.807) is 6.20 Å². The Kier molecular flexibility index (Phi) is 4.73. The fraction of sp³-hybridized carbons (Fsp3) is 0.391. The number of pyridine rings is 1. The van der Waals surface area contributed by atoms with Crippen LogP contribution in [0.5, 0.6) is 0 Å². The van der Waals surface area contributed by atoms with Crippen LogP contribution in [-0.2, 0) is 27.2 Å². The number of nitrogens with zero attached hydrogens (tertiary/aromatic N) is 2. The molecule has 2 amide bonds. The molecule has 7 nitrogen and oxygen atoms in total. The number of fused-ring (bicyclic) bond motifs is 1. The van der Waals surface area contributed by atoms with Gasteiger partial charge in [-0.25, -0.2) is 4.98 Å². The Bertz CT molecular complexity index is 1120. The summed E-state index contributed by atoms with van der Waals surface area (Å²) in [4.78, 5) is 42.3. The lowest BCUT2D eigenvalue weighted by Crippen LogP contribution is -2.44. The van der Waals surface area contributed by atoms with Crippen molar-refractivity contribution in [1.29, 1.82) is 0 Å². The van der Waals surface area contributed by atoms with E-state index in [4.69, 9.17) is 17.3 Å². The Morgan fingerprint density at radius 3 is 2.58 bits per heavy atom. The van der Waals surface area contributed by atoms with Crippen LogP contribution in [-0.4, -0.2) is 35.7 Å². The number of Topliss-reactive ketones (excluding diaryl/α,β-unsaturated/α-hetero) is 1. The van der Waals surface area contributed by atoms with Gasteiger partial charge in [0.25, 0.3) is 0 Å². The first kappa shape index (κ1) is 20.0. The number of carbonyl (C=O) groups excluding carboxylic acids is 3. The molecule has 2 aromatic rings. The molecule has 1 aliphatic carbocycles. The topological polar surface area (TPSA) is 105 Å². The van der Waals surface area contributed by atoms with E-state index in [1.165, 1.54) is 5.56 Å². The van der Waals surface area contributed by atoms with Crippen molar-refractivity contribution in [3.8, 4) is 11.1 Å². The number of imide groups is 1. The Labute approximate surface area is 185 Å². The molecule has 1 aromatic heterocycles. The molecule has 0 atom stereocenters. The third-order valence-electron chi connectivity index (χ3n) is 6.87. The zero-order valence-electron chi connectivity index (χ0n) is 17.0. The minimum Gasteiger partial charge on any atom is -0.382 e. The predicted octanol–water partition coefficient (Wildman–Crippen LogP) is 2.68. The average Bonchev–Trinajstić information content (AvgIpc) is 3.03. The van der Waals surface area contributed by atoms with Crippen molar-refractivity contribution in [2.24, 2.45) is 5.41 Å². The largest absolute Gasteiger partial charge is 0.382 e. The number of aromatic nitrogens is 1. The van der Waals surface area contributed by atoms with Gasteiger partial charge in [-0.15, -0.1) is 0 Å². The van der Waals surface area contributed by atoms with Gasteiger partial charge in [-0.1, -0.05) is 29.8 Å². The van der Waals surface area contributed by atoms with Crippen LogP contribution in [0, 0.1) is 5.41 Å². The zero-order valence-corrected chi connectivity index (χ0v) is 17.8. The SMILES string of the molecule is Nc1ncc(-c2ccc3c(c2)CCC(=O)C3)c(N2CCC3(CC2)CC(=O)NC3=O)c1Cl. The zero-order chi connectivity index (χ0) is 21.8. The minimum atomic E-state index is -0.614. The van der Waals surface area contributed by atoms with E-state index in [0.29, 0.717) is 43.8 Å². The number of hydrogen-bond acceptors (Lipinski definition) is 6. The number of nitrogens with two attached hydrogens (primary N) is 1. The summed E-state index contributed by atoms with van der Waals surface area (Å²) in [6.45, 7) is 1.19. The highest BCUT2D eigenvalue weighted by Gasteiger charge is 2.48. The number of carbonyl (C=O) groups is 3. The number of rotatable bonds is 2. The first-order valence-corrected chi connectivity index (χ1v) is 10.9. The fourth-order valence-corrected chi connectivity index (χ4v) is 5.31. The molecule has 2 aliphatic heterocycles. The van der Waals surface area contributed by atoms with Crippen molar-refractivity contribution in [2.75, 3.05) is 23.7 Å². The first-order valence-electron chi connectivity index (χ1n) is 10.5. The van der Waals surface area contributed by atoms with E-state index in [-0.39, 0.29) is 29.8 Å². The molecule has 8 heteroatoms. The molecule has 160 valence electrons. The van der Waals surface area contributed by atoms with Gasteiger partial charge in [0, 0.05) is 44.1 Å². The molecule has 1 aromatic carbocycles. The van der Waals surface area contributed by atoms with E-state index >= 15 is 0 Å². The van der Waals surface area contributed by atoms with Gasteiger partial charge in [-0.3, -0.25) is 19.7 Å². The molecule has 2 saturated heterocycles. The number of amides is 2. The van der Waals surface area contributed by atoms with Gasteiger partial charge in [0.1, 0.15) is 16.6 Å². The van der Waals surface area contributed by atoms with Crippen LogP contribution >= 0.6 is 11.6 Å². The van der Waals surface area contributed by atoms with Gasteiger partial charge in [0.2, 0.25) is 11.8 Å². The van der Waals surface area contributed by atoms with Crippen LogP contribution in [0.15, 0.2) is 24.4 Å². The van der Waals surface area contributed by atoms with Crippen molar-refractivity contribution in [1.82, 2.24) is 10.3 Å². The normalized spacial score (nSPS) is 20.2. The lowest BCUT2D eigenvalue weighted by Gasteiger charge is -2.39. The number of anilines is 2. The molecule has 1 spiro atoms. The van der Waals surface area contributed by atoms with Crippen LogP contribution in [0.2, 0.25) is 5.02 Å². The van der Waals surface area contributed by atoms with Crippen molar-refractivity contribution >= 4 is 40.7 Å². The van der Waals surface area contributed by atoms with Gasteiger partial charge in [0.05, 0.1) is 11.1 Å². The standard InChI is InChI=1S/C23H23ClN4O3/c24-19-20(28-7-5-23(6-8-28)11-18(30)27-22(23)31)17(12-26-21(19)25)15-2-1-14-10-16(29)4-3-13(14)9-15/h1-2,9,12H,3-8,10-11H2,(H2,25,26)(H,27,30,31). The van der Waals surface area contributed by atoms with E-state index in [0.717, 1.165) is 28.8 Å². The Morgan fingerprint density at radius 1 is 1.10 bits per heavy atom. The van der Waals surface area contributed by atoms with E-state index < -0.39 is 5.41 Å². The maximum atomic E-state index is 12.3. The summed E-state index contributed by atoms with van der Waals surface area (Å²) in [6.07, 6.45) is 4.94. The Balaban J connectivity index is 1.49. The van der Waals surface area contributed by atoms with Gasteiger partial charge in [-0.05, 0) is 36.0 Å². The van der Waals surface area contributed by atoms with Crippen LogP contribution in [0.4, 0.5) is 11.5 Å². The quantitative estimate of drug-likeness (QED) is 0.698. The summed E-state index contributed by atoms with van der Waals surface area (Å²) >= 11 is 6.64. The number of nitrogen functional groups attached to an aromatic ring is 1. The number of aryl methyl sites for hydroxylation is 1. The van der Waals surface area contributed by atoms with Crippen molar-refractivity contribution < 1.29 is 14.4 Å². The highest BCUT2D eigenvalue weighted by molar-refractivity contribution is 6.36. The van der Waals surface area contributed by atoms with Crippen LogP contribution in [0.1, 0.15) is 36.8 Å². The van der Waals surface area contributed by atoms with E-state index in [9.17, 15) is 14.4 Å². The van der Waals surface area contributed by atoms with E-state index in [2.05, 4.69) is 21.3 Å². The Hall–Kier alpha value is -2.93. The third kappa shape index (κ3) is 3.37. The second-order valence-corrected chi connectivity index (χ2v) is 9.12. The molecule has 0 radical (unpaired) electrons. The molecule has 0 saturated carbocycles. The number of ketones is 1. The number of hydrogen-bond donors (Lipinski definition) is 2. The summed E-state index contributed by atoms with van der Waals surface area (Å²) < 4.78 is 0. The van der Waals surface area contributed by atoms with Crippen LogP contribution in [0.25, 0.3) is 11.1 Å². The van der Waals surface area contributed by atoms with Crippen LogP contribution < -0.4 is 16.0 Å². The molecular formula is C23H23ClN4O3. The third-order valence-corrected chi connectivity index (χ3v) is 7.24. The summed E-state index contributed by atoms with van der Waals surface area (Å²) in [5.41, 5.74) is 10.3. The summed E-state index contributed by atoms with van der Waals surface area (Å²) in [5.74, 6) is 0.174. The highest BCUT2D eigenvalue weighted by atomic mass is 35.5. The fourth-order valence-electron chi connectivity index (χ4n) is 5.04. The highest BCUT2D eigenvalue weighted by Crippen LogP contribution is 2.45. The molecular weight excluding hydrogens is 416 g/mol. The van der Waals surface area contributed by atoms with Crippen molar-refractivity contribution in [3.05, 3.63) is 40.5 Å². The van der Waals surface area contributed by atoms with Gasteiger partial charge >= 0.3 is 0 Å². The second-order valence-electron chi connectivity index (χ2n) is 8.74. The second kappa shape index (κ2) is 7.34. The number of halogens is 1. The molecule has 3 heterocycles. The van der Waals surface area contributed by atoms with Gasteiger partial charge < -0.3 is 10.6 Å². The molecule has 0 bridgehead atoms. The Morgan fingerprint density at radius 2 is 1.87 bits per heavy atom. The number of benzene rings is 1. The lowest BCUT2D eigenvalue weighted by molar-refractivity contribution is -0.129. The maximum Gasteiger partial charge on any atom is 0.233 e. The molecule has 2 fully saturated rings. The van der Waals surface area contributed by atoms with Crippen molar-refractivity contribution in [2.45, 2.75) is 38.5 Å². The molecule has 0 unspecified atom stereocenters. The molecule has 3 N–H and O–H groups in total. The summed E-state index contributed by atoms with van der Waals surface area (Å²) in [7, 11) is 0. The van der Waals surface area contributed by atoms with Crippen LogP contribution in [0.3, 0.4) is 0 Å². The number of piperidine rings is 1. The first-order chi connectivity index (χ1) is 14.9. The predicted molar refractivity (Wildman–Crippen MR) is 118 cm³/mol. The minimum absolute atomic E-state index is 0.165. The smallest absolute Gasteiger partial charge is 0.233 e. The van der Waals surface area contributed by atoms with Gasteiger partial charge in [-0.2, -0.15) is 0 Å². The van der Waals surface area contributed by atoms with E-state index in [1.807, 2.05) is 12.1 Å². The molecule has 5 rings (SSSR count). The summed E-state index contributed by atoms with van der Waals surface area (Å²) in [5, 5.41) is 2.84. The van der Waals surface area contributed by atoms with Gasteiger partial charge in [0.15, 0.2) is 0 Å². The molecule has 3 aliphatic rings. The molecule has 31 heavy (non-hydrogen) atoms. The average molecular weight is 439 g/mol. The lowest BCUT2D eigenvalue weighted by atomic mass is 9.77. The van der Waals surface area contributed by atoms with Crippen molar-refractivity contribution in [3.63, 3.8) is 0 Å². The monoisotopic (exact) mass is 438 g/mol. The summed E-state index contributed by atoms with van der Waals surface area (Å²) in [6, 6.07) is 6.12. The maximum absolute atomic E-state index is 12.3.